The predicted octanol–water partition coefficient (Wildman–Crippen LogP) is 1.30. The third-order valence-corrected chi connectivity index (χ3v) is 5.78. The largest absolute Gasteiger partial charge is 0.315 e. The Hall–Kier alpha value is -0.430. The van der Waals surface area contributed by atoms with E-state index in [4.69, 9.17) is 0 Å². The van der Waals surface area contributed by atoms with Crippen LogP contribution >= 0.6 is 11.3 Å². The number of nitrogens with one attached hydrogen (secondary N) is 2. The molecule has 0 atom stereocenters. The van der Waals surface area contributed by atoms with Crippen molar-refractivity contribution in [3.8, 4) is 0 Å². The molecule has 90 valence electrons. The van der Waals surface area contributed by atoms with Gasteiger partial charge in [0.15, 0.2) is 0 Å². The van der Waals surface area contributed by atoms with Gasteiger partial charge in [-0.3, -0.25) is 0 Å². The molecular formula is C10H16N2O2S2. The summed E-state index contributed by atoms with van der Waals surface area (Å²) in [4.78, 5) is 1.04. The molecule has 0 amide bonds. The van der Waals surface area contributed by atoms with E-state index in [1.165, 1.54) is 11.3 Å². The van der Waals surface area contributed by atoms with Crippen LogP contribution in [-0.2, 0) is 16.6 Å². The maximum atomic E-state index is 11.9. The van der Waals surface area contributed by atoms with Crippen LogP contribution in [0.3, 0.4) is 0 Å². The molecule has 2 rings (SSSR count). The van der Waals surface area contributed by atoms with E-state index in [9.17, 15) is 8.42 Å². The molecule has 0 aliphatic heterocycles. The lowest BCUT2D eigenvalue weighted by Gasteiger charge is -2.25. The summed E-state index contributed by atoms with van der Waals surface area (Å²) in [5.41, 5.74) is 0. The van der Waals surface area contributed by atoms with E-state index in [0.29, 0.717) is 10.8 Å². The van der Waals surface area contributed by atoms with Gasteiger partial charge in [0, 0.05) is 17.5 Å². The summed E-state index contributed by atoms with van der Waals surface area (Å²) in [6.45, 7) is 0.712. The molecule has 0 saturated heterocycles. The normalized spacial score (nSPS) is 17.3. The summed E-state index contributed by atoms with van der Waals surface area (Å²) in [5, 5.41) is 3.01. The second kappa shape index (κ2) is 4.83. The number of sulfonamides is 1. The van der Waals surface area contributed by atoms with Crippen LogP contribution < -0.4 is 10.0 Å². The SMILES string of the molecule is CNCc1ccc(S(=O)(=O)NC2CCC2)s1. The van der Waals surface area contributed by atoms with Crippen molar-refractivity contribution in [2.75, 3.05) is 7.05 Å². The first-order chi connectivity index (χ1) is 7.62. The van der Waals surface area contributed by atoms with Gasteiger partial charge in [0.25, 0.3) is 0 Å². The lowest BCUT2D eigenvalue weighted by atomic mass is 9.94. The van der Waals surface area contributed by atoms with Crippen LogP contribution in [0, 0.1) is 0 Å². The number of rotatable bonds is 5. The lowest BCUT2D eigenvalue weighted by Crippen LogP contribution is -2.39. The first kappa shape index (κ1) is 12.0. The standard InChI is InChI=1S/C10H16N2O2S2/c1-11-7-9-5-6-10(15-9)16(13,14)12-8-3-2-4-8/h5-6,8,11-12H,2-4,7H2,1H3. The van der Waals surface area contributed by atoms with Gasteiger partial charge in [-0.2, -0.15) is 0 Å². The van der Waals surface area contributed by atoms with Gasteiger partial charge in [0.2, 0.25) is 10.0 Å². The van der Waals surface area contributed by atoms with Crippen molar-refractivity contribution >= 4 is 21.4 Å². The van der Waals surface area contributed by atoms with Crippen LogP contribution in [0.5, 0.6) is 0 Å². The van der Waals surface area contributed by atoms with Gasteiger partial charge in [-0.1, -0.05) is 6.42 Å². The van der Waals surface area contributed by atoms with Crippen LogP contribution in [-0.4, -0.2) is 21.5 Å². The molecule has 16 heavy (non-hydrogen) atoms. The molecule has 1 heterocycles. The third kappa shape index (κ3) is 2.63. The Kier molecular flexibility index (Phi) is 3.63. The minimum absolute atomic E-state index is 0.153. The minimum Gasteiger partial charge on any atom is -0.315 e. The molecule has 6 heteroatoms. The Morgan fingerprint density at radius 2 is 2.19 bits per heavy atom. The zero-order valence-electron chi connectivity index (χ0n) is 9.19. The van der Waals surface area contributed by atoms with Crippen LogP contribution in [0.15, 0.2) is 16.3 Å². The quantitative estimate of drug-likeness (QED) is 0.839. The van der Waals surface area contributed by atoms with Gasteiger partial charge in [-0.15, -0.1) is 11.3 Å². The van der Waals surface area contributed by atoms with E-state index >= 15 is 0 Å². The monoisotopic (exact) mass is 260 g/mol. The van der Waals surface area contributed by atoms with Crippen molar-refractivity contribution in [2.45, 2.75) is 36.1 Å². The fourth-order valence-electron chi connectivity index (χ4n) is 1.58. The Labute approximate surface area is 100 Å². The van der Waals surface area contributed by atoms with Crippen molar-refractivity contribution in [1.29, 1.82) is 0 Å². The minimum atomic E-state index is -3.28. The van der Waals surface area contributed by atoms with Crippen molar-refractivity contribution in [3.63, 3.8) is 0 Å². The van der Waals surface area contributed by atoms with Crippen molar-refractivity contribution in [1.82, 2.24) is 10.0 Å². The maximum Gasteiger partial charge on any atom is 0.250 e. The van der Waals surface area contributed by atoms with Crippen LogP contribution in [0.2, 0.25) is 0 Å². The van der Waals surface area contributed by atoms with E-state index in [0.717, 1.165) is 24.1 Å². The molecule has 2 N–H and O–H groups in total. The molecule has 0 aromatic carbocycles. The molecule has 0 unspecified atom stereocenters. The Morgan fingerprint density at radius 3 is 2.75 bits per heavy atom. The van der Waals surface area contributed by atoms with Gasteiger partial charge in [0.05, 0.1) is 0 Å². The number of hydrogen-bond acceptors (Lipinski definition) is 4. The van der Waals surface area contributed by atoms with Crippen molar-refractivity contribution in [2.24, 2.45) is 0 Å². The fourth-order valence-corrected chi connectivity index (χ4v) is 4.26. The van der Waals surface area contributed by atoms with E-state index in [1.54, 1.807) is 6.07 Å². The summed E-state index contributed by atoms with van der Waals surface area (Å²) in [6, 6.07) is 3.69. The Bertz CT molecular complexity index is 449. The van der Waals surface area contributed by atoms with Crippen molar-refractivity contribution in [3.05, 3.63) is 17.0 Å². The molecule has 0 radical (unpaired) electrons. The molecule has 0 bridgehead atoms. The fraction of sp³-hybridized carbons (Fsp3) is 0.600. The summed E-state index contributed by atoms with van der Waals surface area (Å²) >= 11 is 1.33. The van der Waals surface area contributed by atoms with E-state index in [2.05, 4.69) is 10.0 Å². The lowest BCUT2D eigenvalue weighted by molar-refractivity contribution is 0.384. The summed E-state index contributed by atoms with van der Waals surface area (Å²) in [5.74, 6) is 0. The summed E-state index contributed by atoms with van der Waals surface area (Å²) in [6.07, 6.45) is 3.06. The Morgan fingerprint density at radius 1 is 1.44 bits per heavy atom. The highest BCUT2D eigenvalue weighted by atomic mass is 32.2. The highest BCUT2D eigenvalue weighted by Gasteiger charge is 2.25. The van der Waals surface area contributed by atoms with E-state index < -0.39 is 10.0 Å². The smallest absolute Gasteiger partial charge is 0.250 e. The molecule has 1 aliphatic rings. The highest BCUT2D eigenvalue weighted by Crippen LogP contribution is 2.25. The van der Waals surface area contributed by atoms with Gasteiger partial charge in [-0.05, 0) is 32.0 Å². The average Bonchev–Trinajstić information content (AvgIpc) is 2.62. The Balaban J connectivity index is 2.08. The van der Waals surface area contributed by atoms with Gasteiger partial charge in [-0.25, -0.2) is 13.1 Å². The second-order valence-corrected chi connectivity index (χ2v) is 7.11. The summed E-state index contributed by atoms with van der Waals surface area (Å²) < 4.78 is 27.0. The van der Waals surface area contributed by atoms with Crippen LogP contribution in [0.1, 0.15) is 24.1 Å². The first-order valence-electron chi connectivity index (χ1n) is 5.37. The first-order valence-corrected chi connectivity index (χ1v) is 7.67. The number of hydrogen-bond donors (Lipinski definition) is 2. The van der Waals surface area contributed by atoms with Gasteiger partial charge in [0.1, 0.15) is 4.21 Å². The van der Waals surface area contributed by atoms with Crippen molar-refractivity contribution < 1.29 is 8.42 Å². The average molecular weight is 260 g/mol. The van der Waals surface area contributed by atoms with E-state index in [-0.39, 0.29) is 6.04 Å². The van der Waals surface area contributed by atoms with Gasteiger partial charge < -0.3 is 5.32 Å². The zero-order valence-corrected chi connectivity index (χ0v) is 10.8. The third-order valence-electron chi connectivity index (χ3n) is 2.68. The molecule has 1 fully saturated rings. The second-order valence-electron chi connectivity index (χ2n) is 4.00. The van der Waals surface area contributed by atoms with Crippen LogP contribution in [0.25, 0.3) is 0 Å². The predicted molar refractivity (Wildman–Crippen MR) is 65.0 cm³/mol. The number of thiophene rings is 1. The molecule has 1 aromatic heterocycles. The molecule has 4 nitrogen and oxygen atoms in total. The molecule has 1 saturated carbocycles. The van der Waals surface area contributed by atoms with Crippen LogP contribution in [0.4, 0.5) is 0 Å². The molecule has 1 aromatic rings. The maximum absolute atomic E-state index is 11.9. The molecular weight excluding hydrogens is 244 g/mol. The topological polar surface area (TPSA) is 58.2 Å². The zero-order chi connectivity index (χ0) is 11.6. The summed E-state index contributed by atoms with van der Waals surface area (Å²) in [7, 11) is -1.43. The molecule has 0 spiro atoms. The van der Waals surface area contributed by atoms with Gasteiger partial charge >= 0.3 is 0 Å². The van der Waals surface area contributed by atoms with E-state index in [1.807, 2.05) is 13.1 Å². The molecule has 1 aliphatic carbocycles. The highest BCUT2D eigenvalue weighted by molar-refractivity contribution is 7.91.